The largest absolute Gasteiger partial charge is 0.349 e. The van der Waals surface area contributed by atoms with Crippen LogP contribution >= 0.6 is 0 Å². The normalized spacial score (nSPS) is 23.9. The maximum absolute atomic E-state index is 11.8. The quantitative estimate of drug-likeness (QED) is 0.834. The van der Waals surface area contributed by atoms with E-state index in [1.165, 1.54) is 19.3 Å². The van der Waals surface area contributed by atoms with Crippen LogP contribution < -0.4 is 10.6 Å². The molecule has 1 aromatic rings. The van der Waals surface area contributed by atoms with Gasteiger partial charge in [-0.05, 0) is 38.1 Å². The van der Waals surface area contributed by atoms with E-state index in [0.29, 0.717) is 11.8 Å². The molecule has 0 radical (unpaired) electrons. The zero-order valence-corrected chi connectivity index (χ0v) is 10.3. The molecule has 1 amide bonds. The first kappa shape index (κ1) is 11.6. The highest BCUT2D eigenvalue weighted by Crippen LogP contribution is 2.25. The summed E-state index contributed by atoms with van der Waals surface area (Å²) in [7, 11) is 0. The van der Waals surface area contributed by atoms with E-state index < -0.39 is 0 Å². The van der Waals surface area contributed by atoms with Crippen LogP contribution in [0.2, 0.25) is 0 Å². The summed E-state index contributed by atoms with van der Waals surface area (Å²) in [5.41, 5.74) is 0. The maximum Gasteiger partial charge on any atom is 0.292 e. The minimum atomic E-state index is -0.227. The molecule has 1 aromatic heterocycles. The van der Waals surface area contributed by atoms with Crippen LogP contribution in [0.25, 0.3) is 0 Å². The highest BCUT2D eigenvalue weighted by Gasteiger charge is 2.25. The minimum absolute atomic E-state index is 0.116. The Labute approximate surface area is 106 Å². The number of nitrogens with zero attached hydrogens (tertiary/aromatic N) is 2. The van der Waals surface area contributed by atoms with Crippen molar-refractivity contribution < 1.29 is 9.32 Å². The van der Waals surface area contributed by atoms with Crippen molar-refractivity contribution in [1.29, 1.82) is 0 Å². The number of amides is 1. The molecule has 1 saturated carbocycles. The SMILES string of the molecule is O=C(NCC1CCC1)c1noc(C2CCCN2)n1. The van der Waals surface area contributed by atoms with E-state index in [2.05, 4.69) is 20.8 Å². The van der Waals surface area contributed by atoms with Crippen LogP contribution in [0.5, 0.6) is 0 Å². The fourth-order valence-electron chi connectivity index (χ4n) is 2.38. The Bertz CT molecular complexity index is 421. The second-order valence-corrected chi connectivity index (χ2v) is 5.11. The highest BCUT2D eigenvalue weighted by molar-refractivity contribution is 5.90. The van der Waals surface area contributed by atoms with Crippen LogP contribution in [0, 0.1) is 5.92 Å². The molecule has 98 valence electrons. The lowest BCUT2D eigenvalue weighted by molar-refractivity contribution is 0.0925. The van der Waals surface area contributed by atoms with Crippen LogP contribution in [0.15, 0.2) is 4.52 Å². The average Bonchev–Trinajstić information content (AvgIpc) is 2.97. The van der Waals surface area contributed by atoms with Gasteiger partial charge >= 0.3 is 0 Å². The molecule has 1 aliphatic heterocycles. The van der Waals surface area contributed by atoms with E-state index in [4.69, 9.17) is 4.52 Å². The van der Waals surface area contributed by atoms with Crippen molar-refractivity contribution in [2.45, 2.75) is 38.1 Å². The third kappa shape index (κ3) is 2.38. The number of nitrogens with one attached hydrogen (secondary N) is 2. The number of hydrogen-bond acceptors (Lipinski definition) is 5. The molecule has 1 unspecified atom stereocenters. The van der Waals surface area contributed by atoms with Crippen molar-refractivity contribution in [3.8, 4) is 0 Å². The molecule has 0 spiro atoms. The first-order chi connectivity index (χ1) is 8.83. The Hall–Kier alpha value is -1.43. The Morgan fingerprint density at radius 3 is 2.94 bits per heavy atom. The van der Waals surface area contributed by atoms with Crippen LogP contribution in [0.1, 0.15) is 54.7 Å². The fourth-order valence-corrected chi connectivity index (χ4v) is 2.38. The summed E-state index contributed by atoms with van der Waals surface area (Å²) < 4.78 is 5.13. The molecule has 3 rings (SSSR count). The molecule has 2 N–H and O–H groups in total. The zero-order valence-electron chi connectivity index (χ0n) is 10.3. The summed E-state index contributed by atoms with van der Waals surface area (Å²) in [6.45, 7) is 1.70. The van der Waals surface area contributed by atoms with E-state index in [-0.39, 0.29) is 17.8 Å². The molecular weight excluding hydrogens is 232 g/mol. The molecule has 0 bridgehead atoms. The van der Waals surface area contributed by atoms with E-state index in [9.17, 15) is 4.79 Å². The maximum atomic E-state index is 11.8. The number of hydrogen-bond donors (Lipinski definition) is 2. The van der Waals surface area contributed by atoms with E-state index >= 15 is 0 Å². The van der Waals surface area contributed by atoms with Crippen LogP contribution in [0.3, 0.4) is 0 Å². The lowest BCUT2D eigenvalue weighted by Crippen LogP contribution is -2.32. The van der Waals surface area contributed by atoms with Gasteiger partial charge in [-0.1, -0.05) is 11.6 Å². The molecule has 2 aliphatic rings. The topological polar surface area (TPSA) is 80.0 Å². The van der Waals surface area contributed by atoms with Gasteiger partial charge in [0.25, 0.3) is 11.7 Å². The molecule has 1 atom stereocenters. The third-order valence-electron chi connectivity index (χ3n) is 3.78. The van der Waals surface area contributed by atoms with Gasteiger partial charge in [0, 0.05) is 6.54 Å². The van der Waals surface area contributed by atoms with Gasteiger partial charge in [-0.2, -0.15) is 4.98 Å². The third-order valence-corrected chi connectivity index (χ3v) is 3.78. The van der Waals surface area contributed by atoms with Gasteiger partial charge in [-0.25, -0.2) is 0 Å². The summed E-state index contributed by atoms with van der Waals surface area (Å²) in [6, 6.07) is 0.116. The van der Waals surface area contributed by atoms with Crippen molar-refractivity contribution in [2.75, 3.05) is 13.1 Å². The molecule has 2 heterocycles. The van der Waals surface area contributed by atoms with Gasteiger partial charge in [0.1, 0.15) is 0 Å². The first-order valence-corrected chi connectivity index (χ1v) is 6.68. The fraction of sp³-hybridized carbons (Fsp3) is 0.750. The predicted octanol–water partition coefficient (Wildman–Crippen LogP) is 1.02. The van der Waals surface area contributed by atoms with Crippen LogP contribution in [-0.2, 0) is 0 Å². The van der Waals surface area contributed by atoms with Crippen molar-refractivity contribution in [3.05, 3.63) is 11.7 Å². The number of carbonyl (C=O) groups excluding carboxylic acids is 1. The van der Waals surface area contributed by atoms with Gasteiger partial charge in [-0.15, -0.1) is 0 Å². The van der Waals surface area contributed by atoms with Crippen molar-refractivity contribution in [2.24, 2.45) is 5.92 Å². The lowest BCUT2D eigenvalue weighted by atomic mass is 9.85. The second-order valence-electron chi connectivity index (χ2n) is 5.11. The van der Waals surface area contributed by atoms with Gasteiger partial charge in [0.05, 0.1) is 6.04 Å². The summed E-state index contributed by atoms with van der Waals surface area (Å²) in [4.78, 5) is 16.0. The van der Waals surface area contributed by atoms with Gasteiger partial charge < -0.3 is 15.2 Å². The zero-order chi connectivity index (χ0) is 12.4. The average molecular weight is 250 g/mol. The molecule has 6 nitrogen and oxygen atoms in total. The summed E-state index contributed by atoms with van der Waals surface area (Å²) in [5.74, 6) is 1.09. The number of carbonyl (C=O) groups is 1. The van der Waals surface area contributed by atoms with Crippen LogP contribution in [0.4, 0.5) is 0 Å². The first-order valence-electron chi connectivity index (χ1n) is 6.68. The minimum Gasteiger partial charge on any atom is -0.349 e. The molecular formula is C12H18N4O2. The molecule has 2 fully saturated rings. The van der Waals surface area contributed by atoms with Crippen molar-refractivity contribution in [3.63, 3.8) is 0 Å². The summed E-state index contributed by atoms with van der Waals surface area (Å²) in [5, 5.41) is 9.87. The highest BCUT2D eigenvalue weighted by atomic mass is 16.5. The molecule has 6 heteroatoms. The van der Waals surface area contributed by atoms with E-state index in [1.807, 2.05) is 0 Å². The Morgan fingerprint density at radius 2 is 2.28 bits per heavy atom. The summed E-state index contributed by atoms with van der Waals surface area (Å²) >= 11 is 0. The second kappa shape index (κ2) is 5.06. The lowest BCUT2D eigenvalue weighted by Gasteiger charge is -2.24. The predicted molar refractivity (Wildman–Crippen MR) is 63.9 cm³/mol. The van der Waals surface area contributed by atoms with Gasteiger partial charge in [0.15, 0.2) is 0 Å². The molecule has 0 aromatic carbocycles. The smallest absolute Gasteiger partial charge is 0.292 e. The standard InChI is InChI=1S/C12H18N4O2/c17-11(14-7-8-3-1-4-8)10-15-12(18-16-10)9-5-2-6-13-9/h8-9,13H,1-7H2,(H,14,17). The van der Waals surface area contributed by atoms with E-state index in [1.54, 1.807) is 0 Å². The van der Waals surface area contributed by atoms with Gasteiger partial charge in [0.2, 0.25) is 5.89 Å². The van der Waals surface area contributed by atoms with E-state index in [0.717, 1.165) is 25.9 Å². The van der Waals surface area contributed by atoms with Gasteiger partial charge in [-0.3, -0.25) is 4.79 Å². The summed E-state index contributed by atoms with van der Waals surface area (Å²) in [6.07, 6.45) is 5.80. The van der Waals surface area contributed by atoms with Crippen molar-refractivity contribution in [1.82, 2.24) is 20.8 Å². The molecule has 1 saturated heterocycles. The Kier molecular flexibility index (Phi) is 3.27. The van der Waals surface area contributed by atoms with Crippen molar-refractivity contribution >= 4 is 5.91 Å². The monoisotopic (exact) mass is 250 g/mol. The molecule has 18 heavy (non-hydrogen) atoms. The molecule has 1 aliphatic carbocycles. The van der Waals surface area contributed by atoms with Crippen LogP contribution in [-0.4, -0.2) is 29.1 Å². The number of rotatable bonds is 4. The number of aromatic nitrogens is 2. The Morgan fingerprint density at radius 1 is 1.39 bits per heavy atom. The Balaban J connectivity index is 1.55.